The molecule has 130 valence electrons. The van der Waals surface area contributed by atoms with E-state index in [2.05, 4.69) is 36.0 Å². The summed E-state index contributed by atoms with van der Waals surface area (Å²) < 4.78 is 5.32. The van der Waals surface area contributed by atoms with Gasteiger partial charge in [0, 0.05) is 28.6 Å². The number of nitrogens with one attached hydrogen (secondary N) is 2. The Kier molecular flexibility index (Phi) is 4.91. The van der Waals surface area contributed by atoms with Gasteiger partial charge in [0.25, 0.3) is 5.91 Å². The Bertz CT molecular complexity index is 1000. The monoisotopic (exact) mass is 419 g/mol. The number of aryl methyl sites for hydroxylation is 1. The van der Waals surface area contributed by atoms with Crippen molar-refractivity contribution in [3.63, 3.8) is 0 Å². The van der Waals surface area contributed by atoms with Crippen molar-refractivity contribution in [2.45, 2.75) is 20.4 Å². The highest BCUT2D eigenvalue weighted by Gasteiger charge is 2.17. The number of aromatic amines is 1. The van der Waals surface area contributed by atoms with Crippen LogP contribution in [0.4, 0.5) is 0 Å². The van der Waals surface area contributed by atoms with E-state index in [1.807, 2.05) is 51.2 Å². The molecule has 0 aliphatic rings. The second kappa shape index (κ2) is 6.97. The van der Waals surface area contributed by atoms with Crippen molar-refractivity contribution in [2.75, 3.05) is 0 Å². The Morgan fingerprint density at radius 2 is 2.12 bits per heavy atom. The van der Waals surface area contributed by atoms with Crippen LogP contribution in [0.15, 0.2) is 34.8 Å². The fraction of sp³-hybridized carbons (Fsp3) is 0.235. The second-order valence-corrected chi connectivity index (χ2v) is 7.09. The smallest absolute Gasteiger partial charge is 0.253 e. The van der Waals surface area contributed by atoms with E-state index in [-0.39, 0.29) is 5.91 Å². The third kappa shape index (κ3) is 3.45. The minimum atomic E-state index is -0.136. The summed E-state index contributed by atoms with van der Waals surface area (Å²) in [5.41, 5.74) is 3.55. The van der Waals surface area contributed by atoms with Gasteiger partial charge in [-0.15, -0.1) is 0 Å². The van der Waals surface area contributed by atoms with Crippen LogP contribution in [0.5, 0.6) is 0 Å². The SMILES string of the molecule is Cc1cc(C(=O)NCc2n[nH]c(=S)n2C)c(C)n1-c1cccc(Br)c1. The summed E-state index contributed by atoms with van der Waals surface area (Å²) in [6.45, 7) is 4.24. The van der Waals surface area contributed by atoms with Crippen LogP contribution in [0.1, 0.15) is 27.6 Å². The van der Waals surface area contributed by atoms with Gasteiger partial charge in [0.2, 0.25) is 0 Å². The molecule has 3 aromatic rings. The van der Waals surface area contributed by atoms with Crippen molar-refractivity contribution in [1.29, 1.82) is 0 Å². The molecule has 6 nitrogen and oxygen atoms in total. The Morgan fingerprint density at radius 1 is 1.36 bits per heavy atom. The molecular weight excluding hydrogens is 402 g/mol. The van der Waals surface area contributed by atoms with E-state index in [0.29, 0.717) is 22.7 Å². The van der Waals surface area contributed by atoms with Crippen LogP contribution in [0.2, 0.25) is 0 Å². The van der Waals surface area contributed by atoms with Gasteiger partial charge in [-0.05, 0) is 50.3 Å². The van der Waals surface area contributed by atoms with Gasteiger partial charge in [0.05, 0.1) is 12.1 Å². The molecule has 0 saturated carbocycles. The van der Waals surface area contributed by atoms with Gasteiger partial charge in [-0.3, -0.25) is 9.89 Å². The average Bonchev–Trinajstić information content (AvgIpc) is 3.05. The second-order valence-electron chi connectivity index (χ2n) is 5.79. The lowest BCUT2D eigenvalue weighted by molar-refractivity contribution is 0.0949. The number of hydrogen-bond acceptors (Lipinski definition) is 3. The van der Waals surface area contributed by atoms with Gasteiger partial charge >= 0.3 is 0 Å². The number of nitrogens with zero attached hydrogens (tertiary/aromatic N) is 3. The molecule has 25 heavy (non-hydrogen) atoms. The van der Waals surface area contributed by atoms with Crippen LogP contribution >= 0.6 is 28.1 Å². The zero-order valence-electron chi connectivity index (χ0n) is 14.1. The van der Waals surface area contributed by atoms with E-state index in [4.69, 9.17) is 12.2 Å². The van der Waals surface area contributed by atoms with Crippen molar-refractivity contribution in [3.05, 3.63) is 62.4 Å². The highest BCUT2D eigenvalue weighted by atomic mass is 79.9. The molecule has 0 aliphatic carbocycles. The summed E-state index contributed by atoms with van der Waals surface area (Å²) >= 11 is 8.57. The number of carbonyl (C=O) groups is 1. The highest BCUT2D eigenvalue weighted by Crippen LogP contribution is 2.23. The maximum atomic E-state index is 12.6. The molecule has 0 saturated heterocycles. The summed E-state index contributed by atoms with van der Waals surface area (Å²) in [5, 5.41) is 9.71. The first-order valence-corrected chi connectivity index (χ1v) is 8.92. The summed E-state index contributed by atoms with van der Waals surface area (Å²) in [6, 6.07) is 9.89. The van der Waals surface area contributed by atoms with Crippen molar-refractivity contribution < 1.29 is 4.79 Å². The standard InChI is InChI=1S/C17H18BrN5OS/c1-10-7-14(11(2)23(10)13-6-4-5-12(18)8-13)16(24)19-9-15-20-21-17(25)22(15)3/h4-8H,9H2,1-3H3,(H,19,24)(H,21,25). The number of hydrogen-bond donors (Lipinski definition) is 2. The molecule has 8 heteroatoms. The molecule has 0 bridgehead atoms. The molecule has 0 fully saturated rings. The third-order valence-electron chi connectivity index (χ3n) is 4.12. The van der Waals surface area contributed by atoms with Gasteiger partial charge in [0.1, 0.15) is 0 Å². The Hall–Kier alpha value is -2.19. The normalized spacial score (nSPS) is 10.9. The molecule has 2 heterocycles. The first-order valence-electron chi connectivity index (χ1n) is 7.72. The molecule has 2 N–H and O–H groups in total. The zero-order chi connectivity index (χ0) is 18.1. The number of H-pyrrole nitrogens is 1. The predicted molar refractivity (Wildman–Crippen MR) is 103 cm³/mol. The molecule has 0 atom stereocenters. The molecule has 0 radical (unpaired) electrons. The van der Waals surface area contributed by atoms with Gasteiger partial charge in [-0.25, -0.2) is 0 Å². The molecule has 0 aliphatic heterocycles. The highest BCUT2D eigenvalue weighted by molar-refractivity contribution is 9.10. The van der Waals surface area contributed by atoms with E-state index in [1.54, 1.807) is 4.57 Å². The van der Waals surface area contributed by atoms with Crippen molar-refractivity contribution in [3.8, 4) is 5.69 Å². The average molecular weight is 420 g/mol. The quantitative estimate of drug-likeness (QED) is 0.635. The number of amides is 1. The summed E-state index contributed by atoms with van der Waals surface area (Å²) in [7, 11) is 1.81. The summed E-state index contributed by atoms with van der Waals surface area (Å²) in [4.78, 5) is 12.6. The summed E-state index contributed by atoms with van der Waals surface area (Å²) in [6.07, 6.45) is 0. The van der Waals surface area contributed by atoms with Crippen molar-refractivity contribution in [1.82, 2.24) is 24.6 Å². The lowest BCUT2D eigenvalue weighted by Gasteiger charge is -2.10. The minimum Gasteiger partial charge on any atom is -0.345 e. The van der Waals surface area contributed by atoms with Crippen LogP contribution < -0.4 is 5.32 Å². The van der Waals surface area contributed by atoms with E-state index in [0.717, 1.165) is 21.5 Å². The van der Waals surface area contributed by atoms with E-state index in [1.165, 1.54) is 0 Å². The minimum absolute atomic E-state index is 0.136. The van der Waals surface area contributed by atoms with Crippen LogP contribution in [0.25, 0.3) is 5.69 Å². The third-order valence-corrected chi connectivity index (χ3v) is 4.98. The van der Waals surface area contributed by atoms with Crippen LogP contribution in [0, 0.1) is 18.6 Å². The fourth-order valence-electron chi connectivity index (χ4n) is 2.80. The van der Waals surface area contributed by atoms with Crippen LogP contribution in [-0.4, -0.2) is 25.2 Å². The van der Waals surface area contributed by atoms with E-state index >= 15 is 0 Å². The summed E-state index contributed by atoms with van der Waals surface area (Å²) in [5.74, 6) is 0.544. The number of benzene rings is 1. The first kappa shape index (κ1) is 17.6. The Morgan fingerprint density at radius 3 is 2.76 bits per heavy atom. The lowest BCUT2D eigenvalue weighted by atomic mass is 10.2. The Labute approximate surface area is 159 Å². The number of carbonyl (C=O) groups excluding carboxylic acids is 1. The van der Waals surface area contributed by atoms with Crippen molar-refractivity contribution in [2.24, 2.45) is 7.05 Å². The fourth-order valence-corrected chi connectivity index (χ4v) is 3.34. The van der Waals surface area contributed by atoms with Gasteiger partial charge in [-0.1, -0.05) is 22.0 Å². The topological polar surface area (TPSA) is 67.6 Å². The van der Waals surface area contributed by atoms with E-state index < -0.39 is 0 Å². The van der Waals surface area contributed by atoms with Crippen LogP contribution in [0.3, 0.4) is 0 Å². The van der Waals surface area contributed by atoms with Crippen LogP contribution in [-0.2, 0) is 13.6 Å². The molecule has 0 unspecified atom stereocenters. The lowest BCUT2D eigenvalue weighted by Crippen LogP contribution is -2.25. The number of halogens is 1. The molecule has 3 rings (SSSR count). The Balaban J connectivity index is 1.85. The maximum absolute atomic E-state index is 12.6. The van der Waals surface area contributed by atoms with Gasteiger partial charge in [-0.2, -0.15) is 5.10 Å². The van der Waals surface area contributed by atoms with Gasteiger partial charge in [0.15, 0.2) is 10.6 Å². The molecule has 1 amide bonds. The van der Waals surface area contributed by atoms with Crippen molar-refractivity contribution >= 4 is 34.1 Å². The predicted octanol–water partition coefficient (Wildman–Crippen LogP) is 3.58. The maximum Gasteiger partial charge on any atom is 0.253 e. The zero-order valence-corrected chi connectivity index (χ0v) is 16.5. The number of aromatic nitrogens is 4. The van der Waals surface area contributed by atoms with Gasteiger partial charge < -0.3 is 14.5 Å². The molecule has 0 spiro atoms. The molecule has 1 aromatic carbocycles. The van der Waals surface area contributed by atoms with E-state index in [9.17, 15) is 4.79 Å². The molecular formula is C17H18BrN5OS. The number of rotatable bonds is 4. The largest absolute Gasteiger partial charge is 0.345 e. The first-order chi connectivity index (χ1) is 11.9. The molecule has 2 aromatic heterocycles.